The zero-order valence-corrected chi connectivity index (χ0v) is 17.5. The minimum absolute atomic E-state index is 0.164. The van der Waals surface area contributed by atoms with Crippen LogP contribution in [-0.4, -0.2) is 39.3 Å². The zero-order chi connectivity index (χ0) is 22.6. The molecule has 0 bridgehead atoms. The Morgan fingerprint density at radius 2 is 1.81 bits per heavy atom. The predicted octanol–water partition coefficient (Wildman–Crippen LogP) is 2.92. The van der Waals surface area contributed by atoms with Gasteiger partial charge in [0.05, 0.1) is 21.2 Å². The number of amides is 2. The number of carbonyl (C=O) groups is 1. The van der Waals surface area contributed by atoms with Gasteiger partial charge in [0.25, 0.3) is 0 Å². The molecule has 0 spiro atoms. The highest BCUT2D eigenvalue weighted by atomic mass is 32.2. The first-order valence-corrected chi connectivity index (χ1v) is 11.0. The van der Waals surface area contributed by atoms with Crippen LogP contribution in [0.25, 0.3) is 0 Å². The van der Waals surface area contributed by atoms with Crippen LogP contribution in [0.3, 0.4) is 0 Å². The van der Waals surface area contributed by atoms with Crippen molar-refractivity contribution < 1.29 is 26.9 Å². The number of nitrogens with zero attached hydrogens (tertiary/aromatic N) is 1. The van der Waals surface area contributed by atoms with Crippen LogP contribution in [0.1, 0.15) is 25.7 Å². The number of allylic oxidation sites excluding steroid dienone is 1. The molecular formula is C20H25F3N4O3S. The third-order valence-corrected chi connectivity index (χ3v) is 7.80. The summed E-state index contributed by atoms with van der Waals surface area (Å²) >= 11 is 0. The van der Waals surface area contributed by atoms with Crippen molar-refractivity contribution in [3.05, 3.63) is 48.4 Å². The summed E-state index contributed by atoms with van der Waals surface area (Å²) in [7, 11) is -1.35. The lowest BCUT2D eigenvalue weighted by molar-refractivity contribution is -0.274. The second-order valence-electron chi connectivity index (χ2n) is 7.53. The van der Waals surface area contributed by atoms with Gasteiger partial charge >= 0.3 is 12.4 Å². The highest BCUT2D eigenvalue weighted by Crippen LogP contribution is 2.53. The number of likely N-dealkylation sites (tertiary alicyclic amines) is 1. The van der Waals surface area contributed by atoms with E-state index in [-0.39, 0.29) is 22.4 Å². The SMILES string of the molecule is N/C=C\C(=C/N)NC(=O)N1CCC(C2(S(=O)c3ccc(OC(F)(F)F)cc3)CC2)CC1. The number of benzene rings is 1. The Bertz CT molecular complexity index is 875. The molecule has 7 nitrogen and oxygen atoms in total. The number of nitrogens with two attached hydrogens (primary N) is 2. The quantitative estimate of drug-likeness (QED) is 0.568. The molecule has 170 valence electrons. The van der Waals surface area contributed by atoms with E-state index in [4.69, 9.17) is 11.5 Å². The van der Waals surface area contributed by atoms with Crippen LogP contribution < -0.4 is 21.5 Å². The monoisotopic (exact) mass is 458 g/mol. The number of ether oxygens (including phenoxy) is 1. The molecule has 5 N–H and O–H groups in total. The summed E-state index contributed by atoms with van der Waals surface area (Å²) in [5, 5.41) is 2.68. The Kier molecular flexibility index (Phi) is 6.83. The molecule has 1 saturated heterocycles. The van der Waals surface area contributed by atoms with E-state index in [2.05, 4.69) is 10.1 Å². The lowest BCUT2D eigenvalue weighted by atomic mass is 9.91. The molecule has 1 aromatic rings. The van der Waals surface area contributed by atoms with Crippen LogP contribution >= 0.6 is 0 Å². The number of piperidine rings is 1. The minimum Gasteiger partial charge on any atom is -0.406 e. The molecule has 2 fully saturated rings. The van der Waals surface area contributed by atoms with Crippen LogP contribution in [0.4, 0.5) is 18.0 Å². The molecule has 11 heteroatoms. The standard InChI is InChI=1S/C20H25F3N4O3S/c21-20(22,23)30-16-1-3-17(4-2-16)31(29)19(8-9-19)14-6-11-27(12-7-14)18(28)26-15(13-25)5-10-24/h1-5,10,13-14H,6-9,11-12,24-25H2,(H,26,28)/b10-5-,15-13+. The molecule has 1 atom stereocenters. The number of carbonyl (C=O) groups excluding carboxylic acids is 1. The van der Waals surface area contributed by atoms with Crippen molar-refractivity contribution in [2.45, 2.75) is 41.7 Å². The molecule has 1 aliphatic carbocycles. The lowest BCUT2D eigenvalue weighted by Crippen LogP contribution is -2.46. The Hall–Kier alpha value is -2.69. The highest BCUT2D eigenvalue weighted by Gasteiger charge is 2.55. The molecule has 2 aliphatic rings. The largest absolute Gasteiger partial charge is 0.573 e. The third-order valence-electron chi connectivity index (χ3n) is 5.62. The smallest absolute Gasteiger partial charge is 0.406 e. The van der Waals surface area contributed by atoms with Gasteiger partial charge in [-0.05, 0) is 68.1 Å². The molecule has 1 heterocycles. The van der Waals surface area contributed by atoms with Gasteiger partial charge in [0.15, 0.2) is 0 Å². The highest BCUT2D eigenvalue weighted by molar-refractivity contribution is 7.86. The Labute approximate surface area is 180 Å². The van der Waals surface area contributed by atoms with Crippen molar-refractivity contribution in [1.29, 1.82) is 0 Å². The van der Waals surface area contributed by atoms with Crippen molar-refractivity contribution in [3.63, 3.8) is 0 Å². The summed E-state index contributed by atoms with van der Waals surface area (Å²) in [6.07, 6.45) is 2.22. The third kappa shape index (κ3) is 5.52. The number of alkyl halides is 3. The van der Waals surface area contributed by atoms with E-state index >= 15 is 0 Å². The molecule has 1 aliphatic heterocycles. The van der Waals surface area contributed by atoms with E-state index in [1.54, 1.807) is 4.90 Å². The molecule has 1 saturated carbocycles. The van der Waals surface area contributed by atoms with Crippen LogP contribution in [0.2, 0.25) is 0 Å². The van der Waals surface area contributed by atoms with E-state index in [0.717, 1.165) is 12.8 Å². The van der Waals surface area contributed by atoms with Crippen molar-refractivity contribution in [1.82, 2.24) is 10.2 Å². The Balaban J connectivity index is 1.59. The minimum atomic E-state index is -4.76. The average molecular weight is 459 g/mol. The molecule has 1 aromatic carbocycles. The molecule has 2 amide bonds. The second kappa shape index (κ2) is 9.21. The van der Waals surface area contributed by atoms with Gasteiger partial charge in [0.1, 0.15) is 5.75 Å². The summed E-state index contributed by atoms with van der Waals surface area (Å²) in [6.45, 7) is 1.02. The zero-order valence-electron chi connectivity index (χ0n) is 16.7. The summed E-state index contributed by atoms with van der Waals surface area (Å²) in [5.74, 6) is -0.176. The number of nitrogens with one attached hydrogen (secondary N) is 1. The fourth-order valence-corrected chi connectivity index (χ4v) is 5.79. The summed E-state index contributed by atoms with van der Waals surface area (Å²) in [4.78, 5) is 14.6. The first kappa shape index (κ1) is 23.0. The maximum atomic E-state index is 13.2. The van der Waals surface area contributed by atoms with Gasteiger partial charge in [-0.1, -0.05) is 0 Å². The van der Waals surface area contributed by atoms with Crippen molar-refractivity contribution in [2.24, 2.45) is 17.4 Å². The van der Waals surface area contributed by atoms with E-state index in [1.807, 2.05) is 0 Å². The molecule has 31 heavy (non-hydrogen) atoms. The van der Waals surface area contributed by atoms with Gasteiger partial charge in [-0.2, -0.15) is 0 Å². The van der Waals surface area contributed by atoms with Crippen LogP contribution in [0, 0.1) is 5.92 Å². The van der Waals surface area contributed by atoms with Crippen molar-refractivity contribution >= 4 is 16.8 Å². The lowest BCUT2D eigenvalue weighted by Gasteiger charge is -2.36. The average Bonchev–Trinajstić information content (AvgIpc) is 3.54. The topological polar surface area (TPSA) is 111 Å². The normalized spacial score (nSPS) is 20.5. The van der Waals surface area contributed by atoms with Gasteiger partial charge < -0.3 is 26.4 Å². The number of halogens is 3. The molecule has 0 radical (unpaired) electrons. The number of hydrogen-bond donors (Lipinski definition) is 3. The number of rotatable bonds is 6. The van der Waals surface area contributed by atoms with E-state index in [1.165, 1.54) is 42.7 Å². The predicted molar refractivity (Wildman–Crippen MR) is 110 cm³/mol. The fourth-order valence-electron chi connectivity index (χ4n) is 3.92. The summed E-state index contributed by atoms with van der Waals surface area (Å²) in [6, 6.07) is 4.93. The van der Waals surface area contributed by atoms with E-state index in [9.17, 15) is 22.2 Å². The first-order valence-electron chi connectivity index (χ1n) is 9.82. The van der Waals surface area contributed by atoms with Crippen LogP contribution in [0.5, 0.6) is 5.75 Å². The van der Waals surface area contributed by atoms with E-state index in [0.29, 0.717) is 36.5 Å². The maximum absolute atomic E-state index is 13.2. The fraction of sp³-hybridized carbons (Fsp3) is 0.450. The molecule has 3 rings (SSSR count). The van der Waals surface area contributed by atoms with E-state index < -0.39 is 17.2 Å². The number of urea groups is 1. The van der Waals surface area contributed by atoms with Gasteiger partial charge in [-0.3, -0.25) is 4.21 Å². The second-order valence-corrected chi connectivity index (χ2v) is 9.35. The number of hydrogen-bond acceptors (Lipinski definition) is 5. The Morgan fingerprint density at radius 3 is 2.29 bits per heavy atom. The summed E-state index contributed by atoms with van der Waals surface area (Å²) in [5.41, 5.74) is 11.2. The maximum Gasteiger partial charge on any atom is 0.573 e. The van der Waals surface area contributed by atoms with Gasteiger partial charge in [-0.15, -0.1) is 13.2 Å². The van der Waals surface area contributed by atoms with Gasteiger partial charge in [-0.25, -0.2) is 4.79 Å². The summed E-state index contributed by atoms with van der Waals surface area (Å²) < 4.78 is 53.7. The van der Waals surface area contributed by atoms with Crippen LogP contribution in [0.15, 0.2) is 53.3 Å². The van der Waals surface area contributed by atoms with Gasteiger partial charge in [0, 0.05) is 24.2 Å². The Morgan fingerprint density at radius 1 is 1.19 bits per heavy atom. The van der Waals surface area contributed by atoms with Gasteiger partial charge in [0.2, 0.25) is 0 Å². The van der Waals surface area contributed by atoms with Crippen LogP contribution in [-0.2, 0) is 10.8 Å². The van der Waals surface area contributed by atoms with Crippen molar-refractivity contribution in [2.75, 3.05) is 13.1 Å². The van der Waals surface area contributed by atoms with Crippen molar-refractivity contribution in [3.8, 4) is 5.75 Å². The molecule has 0 aromatic heterocycles. The molecule has 1 unspecified atom stereocenters. The molecular weight excluding hydrogens is 433 g/mol. The first-order chi connectivity index (χ1) is 14.7.